The van der Waals surface area contributed by atoms with Crippen LogP contribution < -0.4 is 16.2 Å². The lowest BCUT2D eigenvalue weighted by Crippen LogP contribution is -2.44. The summed E-state index contributed by atoms with van der Waals surface area (Å²) < 4.78 is 9.26. The molecule has 0 saturated carbocycles. The molecule has 2 aromatic heterocycles. The van der Waals surface area contributed by atoms with Gasteiger partial charge in [0.05, 0.1) is 12.0 Å². The molecule has 0 radical (unpaired) electrons. The second-order valence-corrected chi connectivity index (χ2v) is 9.70. The van der Waals surface area contributed by atoms with Gasteiger partial charge in [-0.3, -0.25) is 20.2 Å². The number of hydrogen-bond acceptors (Lipinski definition) is 6. The van der Waals surface area contributed by atoms with Crippen LogP contribution in [0, 0.1) is 0 Å². The van der Waals surface area contributed by atoms with Gasteiger partial charge in [0.25, 0.3) is 0 Å². The van der Waals surface area contributed by atoms with Gasteiger partial charge in [-0.15, -0.1) is 10.2 Å². The molecule has 0 aliphatic rings. The SMILES string of the molecule is O=C(CSc1nnc(-c2ccco2)n1-c1ccc(Br)cc1)NNC(=S)Nc1ccc(Br)cc1. The smallest absolute Gasteiger partial charge is 0.248 e. The monoisotopic (exact) mass is 606 g/mol. The number of carbonyl (C=O) groups is 1. The van der Waals surface area contributed by atoms with Crippen molar-refractivity contribution < 1.29 is 9.21 Å². The molecular formula is C21H16Br2N6O2S2. The average Bonchev–Trinajstić information content (AvgIpc) is 3.48. The van der Waals surface area contributed by atoms with Gasteiger partial charge in [0.15, 0.2) is 16.0 Å². The molecule has 0 saturated heterocycles. The predicted octanol–water partition coefficient (Wildman–Crippen LogP) is 5.16. The van der Waals surface area contributed by atoms with Crippen LogP contribution in [0.25, 0.3) is 17.3 Å². The molecule has 0 fully saturated rings. The Morgan fingerprint density at radius 2 is 1.70 bits per heavy atom. The van der Waals surface area contributed by atoms with E-state index in [9.17, 15) is 4.79 Å². The summed E-state index contributed by atoms with van der Waals surface area (Å²) in [7, 11) is 0. The highest BCUT2D eigenvalue weighted by atomic mass is 79.9. The molecule has 8 nitrogen and oxygen atoms in total. The molecule has 168 valence electrons. The first-order chi connectivity index (χ1) is 16.0. The highest BCUT2D eigenvalue weighted by Gasteiger charge is 2.19. The van der Waals surface area contributed by atoms with E-state index in [0.717, 1.165) is 20.3 Å². The Kier molecular flexibility index (Phi) is 7.81. The molecule has 0 unspecified atom stereocenters. The van der Waals surface area contributed by atoms with Gasteiger partial charge in [-0.2, -0.15) is 0 Å². The molecule has 3 N–H and O–H groups in total. The Balaban J connectivity index is 1.39. The van der Waals surface area contributed by atoms with Crippen molar-refractivity contribution in [2.75, 3.05) is 11.1 Å². The highest BCUT2D eigenvalue weighted by molar-refractivity contribution is 9.10. The van der Waals surface area contributed by atoms with Gasteiger partial charge in [-0.05, 0) is 72.9 Å². The molecule has 0 bridgehead atoms. The molecule has 1 amide bonds. The van der Waals surface area contributed by atoms with Crippen molar-refractivity contribution in [3.8, 4) is 17.3 Å². The van der Waals surface area contributed by atoms with E-state index in [1.54, 1.807) is 12.3 Å². The minimum absolute atomic E-state index is 0.0979. The van der Waals surface area contributed by atoms with Gasteiger partial charge in [0.1, 0.15) is 0 Å². The zero-order chi connectivity index (χ0) is 23.2. The summed E-state index contributed by atoms with van der Waals surface area (Å²) >= 11 is 13.3. The first-order valence-electron chi connectivity index (χ1n) is 9.49. The molecule has 0 atom stereocenters. The van der Waals surface area contributed by atoms with Crippen LogP contribution in [0.15, 0.2) is 85.4 Å². The summed E-state index contributed by atoms with van der Waals surface area (Å²) in [4.78, 5) is 12.4. The van der Waals surface area contributed by atoms with E-state index in [2.05, 4.69) is 58.2 Å². The van der Waals surface area contributed by atoms with Crippen LogP contribution in [-0.4, -0.2) is 31.5 Å². The van der Waals surface area contributed by atoms with Crippen molar-refractivity contribution in [3.05, 3.63) is 75.9 Å². The molecule has 4 rings (SSSR count). The fourth-order valence-corrected chi connectivity index (χ4v) is 4.19. The Hall–Kier alpha value is -2.67. The molecule has 12 heteroatoms. The average molecular weight is 608 g/mol. The zero-order valence-corrected chi connectivity index (χ0v) is 21.6. The third kappa shape index (κ3) is 6.22. The highest BCUT2D eigenvalue weighted by Crippen LogP contribution is 2.28. The number of nitrogens with one attached hydrogen (secondary N) is 3. The summed E-state index contributed by atoms with van der Waals surface area (Å²) in [6.07, 6.45) is 1.58. The van der Waals surface area contributed by atoms with E-state index in [4.69, 9.17) is 16.6 Å². The number of nitrogens with zero attached hydrogens (tertiary/aromatic N) is 3. The maximum absolute atomic E-state index is 12.4. The maximum atomic E-state index is 12.4. The lowest BCUT2D eigenvalue weighted by atomic mass is 10.3. The molecular weight excluding hydrogens is 592 g/mol. The number of halogens is 2. The minimum atomic E-state index is -0.273. The summed E-state index contributed by atoms with van der Waals surface area (Å²) in [5, 5.41) is 12.3. The van der Waals surface area contributed by atoms with Gasteiger partial charge in [-0.1, -0.05) is 43.6 Å². The number of benzene rings is 2. The Labute approximate surface area is 215 Å². The number of thiocarbonyl (C=S) groups is 1. The second kappa shape index (κ2) is 11.0. The zero-order valence-electron chi connectivity index (χ0n) is 16.8. The largest absolute Gasteiger partial charge is 0.461 e. The summed E-state index contributed by atoms with van der Waals surface area (Å²) in [6, 6.07) is 18.8. The van der Waals surface area contributed by atoms with Gasteiger partial charge < -0.3 is 9.73 Å². The summed E-state index contributed by atoms with van der Waals surface area (Å²) in [5.74, 6) is 0.946. The number of rotatable bonds is 6. The number of hydrazine groups is 1. The van der Waals surface area contributed by atoms with E-state index in [1.807, 2.05) is 59.2 Å². The van der Waals surface area contributed by atoms with Crippen LogP contribution in [0.5, 0.6) is 0 Å². The number of amides is 1. The molecule has 0 aliphatic heterocycles. The van der Waals surface area contributed by atoms with Crippen molar-refractivity contribution in [3.63, 3.8) is 0 Å². The number of hydrogen-bond donors (Lipinski definition) is 3. The first kappa shape index (κ1) is 23.5. The van der Waals surface area contributed by atoms with E-state index >= 15 is 0 Å². The van der Waals surface area contributed by atoms with E-state index in [1.165, 1.54) is 11.8 Å². The third-order valence-corrected chi connectivity index (χ3v) is 6.40. The normalized spacial score (nSPS) is 10.6. The predicted molar refractivity (Wildman–Crippen MR) is 139 cm³/mol. The van der Waals surface area contributed by atoms with Gasteiger partial charge >= 0.3 is 0 Å². The lowest BCUT2D eigenvalue weighted by Gasteiger charge is -2.12. The Bertz CT molecular complexity index is 1250. The molecule has 2 heterocycles. The summed E-state index contributed by atoms with van der Waals surface area (Å²) in [6.45, 7) is 0. The van der Waals surface area contributed by atoms with Crippen LogP contribution in [0.4, 0.5) is 5.69 Å². The van der Waals surface area contributed by atoms with Crippen molar-refractivity contribution in [2.45, 2.75) is 5.16 Å². The van der Waals surface area contributed by atoms with Gasteiger partial charge in [-0.25, -0.2) is 0 Å². The number of thioether (sulfide) groups is 1. The summed E-state index contributed by atoms with van der Waals surface area (Å²) in [5.41, 5.74) is 6.92. The number of carbonyl (C=O) groups excluding carboxylic acids is 1. The fourth-order valence-electron chi connectivity index (χ4n) is 2.74. The van der Waals surface area contributed by atoms with Crippen LogP contribution in [-0.2, 0) is 4.79 Å². The van der Waals surface area contributed by atoms with Crippen molar-refractivity contribution in [1.82, 2.24) is 25.6 Å². The Morgan fingerprint density at radius 3 is 2.36 bits per heavy atom. The quantitative estimate of drug-likeness (QED) is 0.157. The number of aromatic nitrogens is 3. The van der Waals surface area contributed by atoms with Crippen molar-refractivity contribution >= 4 is 72.5 Å². The van der Waals surface area contributed by atoms with E-state index in [-0.39, 0.29) is 16.8 Å². The topological polar surface area (TPSA) is 97.0 Å². The van der Waals surface area contributed by atoms with E-state index < -0.39 is 0 Å². The van der Waals surface area contributed by atoms with Crippen LogP contribution in [0.2, 0.25) is 0 Å². The third-order valence-electron chi connectivity index (χ3n) is 4.21. The van der Waals surface area contributed by atoms with Crippen molar-refractivity contribution in [2.24, 2.45) is 0 Å². The minimum Gasteiger partial charge on any atom is -0.461 e. The fraction of sp³-hybridized carbons (Fsp3) is 0.0476. The molecule has 0 aliphatic carbocycles. The van der Waals surface area contributed by atoms with Crippen LogP contribution >= 0.6 is 55.8 Å². The maximum Gasteiger partial charge on any atom is 0.248 e. The second-order valence-electron chi connectivity index (χ2n) is 6.52. The van der Waals surface area contributed by atoms with Crippen LogP contribution in [0.3, 0.4) is 0 Å². The van der Waals surface area contributed by atoms with Crippen molar-refractivity contribution in [1.29, 1.82) is 0 Å². The van der Waals surface area contributed by atoms with Gasteiger partial charge in [0.2, 0.25) is 11.7 Å². The number of anilines is 1. The van der Waals surface area contributed by atoms with E-state index in [0.29, 0.717) is 16.7 Å². The molecule has 4 aromatic rings. The molecule has 0 spiro atoms. The standard InChI is InChI=1S/C21H16Br2N6O2S2/c22-13-3-7-15(8-4-13)24-20(32)27-25-18(30)12-33-21-28-26-19(17-2-1-11-31-17)29(21)16-9-5-14(23)6-10-16/h1-11H,12H2,(H,25,30)(H2,24,27,32). The molecule has 2 aromatic carbocycles. The Morgan fingerprint density at radius 1 is 1.00 bits per heavy atom. The number of furan rings is 1. The molecule has 33 heavy (non-hydrogen) atoms. The first-order valence-corrected chi connectivity index (χ1v) is 12.5. The van der Waals surface area contributed by atoms with Gasteiger partial charge in [0, 0.05) is 20.3 Å². The lowest BCUT2D eigenvalue weighted by molar-refractivity contribution is -0.119. The van der Waals surface area contributed by atoms with Crippen LogP contribution in [0.1, 0.15) is 0 Å².